The minimum absolute atomic E-state index is 0.00833. The van der Waals surface area contributed by atoms with Gasteiger partial charge in [0.2, 0.25) is 5.91 Å². The molecule has 11 heteroatoms. The molecular weight excluding hydrogens is 318 g/mol. The van der Waals surface area contributed by atoms with Gasteiger partial charge in [0, 0.05) is 12.1 Å². The molecule has 0 atom stereocenters. The molecule has 0 saturated heterocycles. The number of aromatic nitrogens is 2. The Morgan fingerprint density at radius 2 is 1.95 bits per heavy atom. The molecule has 0 bridgehead atoms. The summed E-state index contributed by atoms with van der Waals surface area (Å²) in [6.07, 6.45) is 2.13. The number of carbonyl (C=O) groups is 1. The van der Waals surface area contributed by atoms with E-state index in [1.54, 1.807) is 0 Å². The summed E-state index contributed by atoms with van der Waals surface area (Å²) in [5.74, 6) is -0.534. The van der Waals surface area contributed by atoms with Crippen molar-refractivity contribution in [3.8, 4) is 0 Å². The Kier molecular flexibility index (Phi) is 4.32. The highest BCUT2D eigenvalue weighted by molar-refractivity contribution is 6.33. The van der Waals surface area contributed by atoms with Gasteiger partial charge < -0.3 is 5.32 Å². The monoisotopic (exact) mass is 325 g/mol. The fraction of sp³-hybridized carbons (Fsp3) is 0.0909. The van der Waals surface area contributed by atoms with Crippen molar-refractivity contribution in [3.05, 3.63) is 55.8 Å². The number of nitrogens with one attached hydrogen (secondary N) is 1. The molecule has 1 N–H and O–H groups in total. The van der Waals surface area contributed by atoms with Crippen molar-refractivity contribution in [2.24, 2.45) is 0 Å². The summed E-state index contributed by atoms with van der Waals surface area (Å²) in [6, 6.07) is 3.60. The Balaban J connectivity index is 2.05. The predicted octanol–water partition coefficient (Wildman–Crippen LogP) is 1.99. The van der Waals surface area contributed by atoms with Crippen LogP contribution < -0.4 is 5.32 Å². The Labute approximate surface area is 127 Å². The molecule has 114 valence electrons. The highest BCUT2D eigenvalue weighted by atomic mass is 35.5. The summed E-state index contributed by atoms with van der Waals surface area (Å²) < 4.78 is 1.09. The first-order chi connectivity index (χ1) is 10.4. The molecule has 0 aliphatic heterocycles. The van der Waals surface area contributed by atoms with Crippen LogP contribution in [0.15, 0.2) is 30.6 Å². The normalized spacial score (nSPS) is 10.2. The van der Waals surface area contributed by atoms with E-state index >= 15 is 0 Å². The molecule has 2 rings (SSSR count). The number of hydrogen-bond donors (Lipinski definition) is 1. The molecule has 22 heavy (non-hydrogen) atoms. The maximum absolute atomic E-state index is 11.8. The first kappa shape index (κ1) is 15.4. The number of amides is 1. The quantitative estimate of drug-likeness (QED) is 0.660. The van der Waals surface area contributed by atoms with Crippen molar-refractivity contribution in [1.29, 1.82) is 0 Å². The number of hydrogen-bond acceptors (Lipinski definition) is 6. The molecule has 0 fully saturated rings. The average molecular weight is 326 g/mol. The molecule has 1 aromatic heterocycles. The number of carbonyl (C=O) groups excluding carboxylic acids is 1. The Hall–Kier alpha value is -3.01. The van der Waals surface area contributed by atoms with Gasteiger partial charge in [0.05, 0.1) is 20.6 Å². The molecule has 0 aliphatic carbocycles. The van der Waals surface area contributed by atoms with Gasteiger partial charge >= 0.3 is 5.69 Å². The van der Waals surface area contributed by atoms with Gasteiger partial charge in [-0.05, 0) is 6.07 Å². The van der Waals surface area contributed by atoms with E-state index in [-0.39, 0.29) is 28.6 Å². The van der Waals surface area contributed by atoms with E-state index in [1.165, 1.54) is 12.1 Å². The largest absolute Gasteiger partial charge is 0.323 e. The first-order valence-electron chi connectivity index (χ1n) is 5.77. The summed E-state index contributed by atoms with van der Waals surface area (Å²) in [4.78, 5) is 31.6. The van der Waals surface area contributed by atoms with E-state index in [0.29, 0.717) is 0 Å². The summed E-state index contributed by atoms with van der Waals surface area (Å²) in [6.45, 7) is -0.263. The molecule has 0 aliphatic rings. The minimum atomic E-state index is -0.630. The minimum Gasteiger partial charge on any atom is -0.323 e. The van der Waals surface area contributed by atoms with Crippen molar-refractivity contribution in [1.82, 2.24) is 9.78 Å². The van der Waals surface area contributed by atoms with Crippen molar-refractivity contribution in [2.45, 2.75) is 6.54 Å². The number of non-ortho nitro benzene ring substituents is 1. The lowest BCUT2D eigenvalue weighted by Crippen LogP contribution is -2.19. The molecule has 0 unspecified atom stereocenters. The number of nitro groups is 2. The van der Waals surface area contributed by atoms with E-state index < -0.39 is 15.8 Å². The molecule has 1 aromatic carbocycles. The fourth-order valence-corrected chi connectivity index (χ4v) is 1.81. The maximum Gasteiger partial charge on any atom is 0.307 e. The van der Waals surface area contributed by atoms with Crippen LogP contribution in [0.5, 0.6) is 0 Å². The Bertz CT molecular complexity index is 759. The van der Waals surface area contributed by atoms with Crippen LogP contribution in [0.2, 0.25) is 5.02 Å². The highest BCUT2D eigenvalue weighted by Crippen LogP contribution is 2.26. The van der Waals surface area contributed by atoms with Crippen LogP contribution in [0.25, 0.3) is 0 Å². The van der Waals surface area contributed by atoms with E-state index in [2.05, 4.69) is 10.4 Å². The van der Waals surface area contributed by atoms with Crippen LogP contribution in [0.3, 0.4) is 0 Å². The Morgan fingerprint density at radius 1 is 1.27 bits per heavy atom. The van der Waals surface area contributed by atoms with Gasteiger partial charge in [0.15, 0.2) is 0 Å². The molecule has 0 saturated carbocycles. The average Bonchev–Trinajstić information content (AvgIpc) is 2.89. The third-order valence-electron chi connectivity index (χ3n) is 2.57. The van der Waals surface area contributed by atoms with Gasteiger partial charge in [-0.3, -0.25) is 29.7 Å². The standard InChI is InChI=1S/C11H8ClN5O5/c12-9-3-7(16(19)20)1-2-10(9)14-11(18)6-15-5-8(4-13-15)17(21)22/h1-5H,6H2,(H,14,18). The number of nitrogens with zero attached hydrogens (tertiary/aromatic N) is 4. The van der Waals surface area contributed by atoms with Crippen molar-refractivity contribution >= 4 is 34.6 Å². The zero-order valence-corrected chi connectivity index (χ0v) is 11.6. The highest BCUT2D eigenvalue weighted by Gasteiger charge is 2.14. The van der Waals surface area contributed by atoms with Crippen LogP contribution >= 0.6 is 11.6 Å². The summed E-state index contributed by atoms with van der Waals surface area (Å²) >= 11 is 5.84. The smallest absolute Gasteiger partial charge is 0.307 e. The van der Waals surface area contributed by atoms with Crippen molar-refractivity contribution < 1.29 is 14.6 Å². The number of nitro benzene ring substituents is 1. The van der Waals surface area contributed by atoms with Crippen LogP contribution in [0, 0.1) is 20.2 Å². The molecular formula is C11H8ClN5O5. The second-order valence-corrected chi connectivity index (χ2v) is 4.53. The summed E-state index contributed by atoms with van der Waals surface area (Å²) in [7, 11) is 0. The van der Waals surface area contributed by atoms with Gasteiger partial charge in [0.1, 0.15) is 18.9 Å². The van der Waals surface area contributed by atoms with Gasteiger partial charge in [-0.15, -0.1) is 0 Å². The molecule has 2 aromatic rings. The van der Waals surface area contributed by atoms with Gasteiger partial charge in [-0.25, -0.2) is 0 Å². The van der Waals surface area contributed by atoms with Gasteiger partial charge in [-0.1, -0.05) is 11.6 Å². The van der Waals surface area contributed by atoms with Crippen LogP contribution in [-0.4, -0.2) is 25.5 Å². The lowest BCUT2D eigenvalue weighted by atomic mass is 10.3. The van der Waals surface area contributed by atoms with Gasteiger partial charge in [0.25, 0.3) is 5.69 Å². The van der Waals surface area contributed by atoms with Crippen molar-refractivity contribution in [3.63, 3.8) is 0 Å². The second kappa shape index (κ2) is 6.18. The van der Waals surface area contributed by atoms with E-state index in [0.717, 1.165) is 23.1 Å². The number of anilines is 1. The van der Waals surface area contributed by atoms with Crippen molar-refractivity contribution in [2.75, 3.05) is 5.32 Å². The number of benzene rings is 1. The van der Waals surface area contributed by atoms with Crippen LogP contribution in [-0.2, 0) is 11.3 Å². The lowest BCUT2D eigenvalue weighted by Gasteiger charge is -2.06. The predicted molar refractivity (Wildman–Crippen MR) is 75.6 cm³/mol. The Morgan fingerprint density at radius 3 is 2.50 bits per heavy atom. The molecule has 0 spiro atoms. The molecule has 1 amide bonds. The lowest BCUT2D eigenvalue weighted by molar-refractivity contribution is -0.385. The topological polar surface area (TPSA) is 133 Å². The number of rotatable bonds is 5. The van der Waals surface area contributed by atoms with Crippen LogP contribution in [0.4, 0.5) is 17.1 Å². The maximum atomic E-state index is 11.8. The first-order valence-corrected chi connectivity index (χ1v) is 6.15. The van der Waals surface area contributed by atoms with E-state index in [4.69, 9.17) is 11.6 Å². The molecule has 0 radical (unpaired) electrons. The third-order valence-corrected chi connectivity index (χ3v) is 2.89. The second-order valence-electron chi connectivity index (χ2n) is 4.12. The zero-order valence-electron chi connectivity index (χ0n) is 10.8. The van der Waals surface area contributed by atoms with Gasteiger partial charge in [-0.2, -0.15) is 5.10 Å². The molecule has 1 heterocycles. The number of halogens is 1. The zero-order chi connectivity index (χ0) is 16.3. The summed E-state index contributed by atoms with van der Waals surface area (Å²) in [5.41, 5.74) is -0.245. The van der Waals surface area contributed by atoms with E-state index in [1.807, 2.05) is 0 Å². The van der Waals surface area contributed by atoms with Crippen LogP contribution in [0.1, 0.15) is 0 Å². The fourth-order valence-electron chi connectivity index (χ4n) is 1.59. The molecule has 10 nitrogen and oxygen atoms in total. The SMILES string of the molecule is O=C(Cn1cc([N+](=O)[O-])cn1)Nc1ccc([N+](=O)[O-])cc1Cl. The van der Waals surface area contributed by atoms with E-state index in [9.17, 15) is 25.0 Å². The third kappa shape index (κ3) is 3.55. The summed E-state index contributed by atoms with van der Waals surface area (Å²) in [5, 5.41) is 27.2.